The second-order valence-electron chi connectivity index (χ2n) is 10.0. The average molecular weight is 555 g/mol. The third kappa shape index (κ3) is 14.9. The second-order valence-corrected chi connectivity index (χ2v) is 10.0. The summed E-state index contributed by atoms with van der Waals surface area (Å²) in [7, 11) is 3.38. The second kappa shape index (κ2) is 21.7. The van der Waals surface area contributed by atoms with Gasteiger partial charge in [-0.2, -0.15) is 0 Å². The predicted molar refractivity (Wildman–Crippen MR) is 162 cm³/mol. The van der Waals surface area contributed by atoms with Gasteiger partial charge in [0, 0.05) is 50.1 Å². The molecule has 0 saturated carbocycles. The highest BCUT2D eigenvalue weighted by Gasteiger charge is 2.04. The lowest BCUT2D eigenvalue weighted by atomic mass is 10.1. The van der Waals surface area contributed by atoms with Gasteiger partial charge in [0.1, 0.15) is 11.5 Å². The molecule has 0 spiro atoms. The Balaban J connectivity index is 1.33. The van der Waals surface area contributed by atoms with Crippen LogP contribution >= 0.6 is 0 Å². The fourth-order valence-corrected chi connectivity index (χ4v) is 4.45. The van der Waals surface area contributed by atoms with E-state index < -0.39 is 0 Å². The molecule has 0 radical (unpaired) electrons. The van der Waals surface area contributed by atoms with Crippen molar-refractivity contribution in [2.45, 2.75) is 77.3 Å². The molecule has 222 valence electrons. The number of methoxy groups -OCH3 is 2. The van der Waals surface area contributed by atoms with Gasteiger partial charge in [0.15, 0.2) is 0 Å². The van der Waals surface area contributed by atoms with Gasteiger partial charge < -0.3 is 30.7 Å². The maximum atomic E-state index is 12.0. The van der Waals surface area contributed by atoms with Crippen LogP contribution in [-0.2, 0) is 22.7 Å². The number of hydrogen-bond acceptors (Lipinski definition) is 6. The fourth-order valence-electron chi connectivity index (χ4n) is 4.45. The molecule has 0 heterocycles. The highest BCUT2D eigenvalue weighted by molar-refractivity contribution is 5.76. The molecule has 0 aliphatic carbocycles. The zero-order valence-electron chi connectivity index (χ0n) is 24.6. The van der Waals surface area contributed by atoms with Crippen LogP contribution in [-0.4, -0.2) is 52.2 Å². The lowest BCUT2D eigenvalue weighted by Crippen LogP contribution is -2.27. The molecule has 2 aromatic carbocycles. The van der Waals surface area contributed by atoms with Gasteiger partial charge in [-0.3, -0.25) is 9.59 Å². The Hall–Kier alpha value is -3.10. The highest BCUT2D eigenvalue weighted by atomic mass is 16.5. The van der Waals surface area contributed by atoms with E-state index in [0.29, 0.717) is 25.9 Å². The molecule has 2 aromatic rings. The predicted octanol–water partition coefficient (Wildman–Crippen LogP) is 4.72. The summed E-state index contributed by atoms with van der Waals surface area (Å²) in [6, 6.07) is 16.1. The summed E-state index contributed by atoms with van der Waals surface area (Å²) in [6.45, 7) is 4.75. The van der Waals surface area contributed by atoms with E-state index in [-0.39, 0.29) is 11.8 Å². The highest BCUT2D eigenvalue weighted by Crippen LogP contribution is 2.17. The molecule has 0 aliphatic rings. The van der Waals surface area contributed by atoms with Crippen molar-refractivity contribution in [3.63, 3.8) is 0 Å². The molecule has 0 aromatic heterocycles. The first-order valence-electron chi connectivity index (χ1n) is 14.8. The molecule has 2 rings (SSSR count). The molecule has 0 saturated heterocycles. The summed E-state index contributed by atoms with van der Waals surface area (Å²) in [5, 5.41) is 12.9. The number of unbranched alkanes of at least 4 members (excludes halogenated alkanes) is 5. The number of carbonyl (C=O) groups excluding carboxylic acids is 2. The van der Waals surface area contributed by atoms with E-state index >= 15 is 0 Å². The molecule has 40 heavy (non-hydrogen) atoms. The first-order valence-corrected chi connectivity index (χ1v) is 14.8. The number of hydrogen-bond donors (Lipinski definition) is 4. The summed E-state index contributed by atoms with van der Waals surface area (Å²) in [5.41, 5.74) is 2.31. The smallest absolute Gasteiger partial charge is 0.219 e. The maximum Gasteiger partial charge on any atom is 0.219 e. The van der Waals surface area contributed by atoms with Gasteiger partial charge in [-0.05, 0) is 63.7 Å². The Kier molecular flexibility index (Phi) is 18.0. The van der Waals surface area contributed by atoms with Crippen molar-refractivity contribution in [1.82, 2.24) is 21.3 Å². The van der Waals surface area contributed by atoms with Crippen LogP contribution in [0.1, 0.15) is 75.3 Å². The summed E-state index contributed by atoms with van der Waals surface area (Å²) in [6.07, 6.45) is 8.82. The Morgan fingerprint density at radius 3 is 1.38 bits per heavy atom. The van der Waals surface area contributed by atoms with Gasteiger partial charge in [-0.1, -0.05) is 49.2 Å². The lowest BCUT2D eigenvalue weighted by Gasteiger charge is -2.09. The van der Waals surface area contributed by atoms with Gasteiger partial charge in [-0.15, -0.1) is 0 Å². The minimum atomic E-state index is 0.114. The van der Waals surface area contributed by atoms with Crippen LogP contribution in [0.25, 0.3) is 0 Å². The van der Waals surface area contributed by atoms with E-state index in [2.05, 4.69) is 33.4 Å². The third-order valence-corrected chi connectivity index (χ3v) is 6.78. The van der Waals surface area contributed by atoms with Crippen molar-refractivity contribution in [1.29, 1.82) is 0 Å². The molecular formula is C32H50N4O4. The number of para-hydroxylation sites is 2. The minimum Gasteiger partial charge on any atom is -0.496 e. The van der Waals surface area contributed by atoms with E-state index in [1.165, 1.54) is 0 Å². The van der Waals surface area contributed by atoms with Gasteiger partial charge in [0.25, 0.3) is 0 Å². The molecule has 0 unspecified atom stereocenters. The normalized spacial score (nSPS) is 10.8. The van der Waals surface area contributed by atoms with Crippen LogP contribution in [0, 0.1) is 0 Å². The average Bonchev–Trinajstić information content (AvgIpc) is 2.98. The quantitative estimate of drug-likeness (QED) is 0.148. The molecule has 0 bridgehead atoms. The van der Waals surface area contributed by atoms with Gasteiger partial charge in [0.2, 0.25) is 11.8 Å². The van der Waals surface area contributed by atoms with Crippen molar-refractivity contribution < 1.29 is 19.1 Å². The van der Waals surface area contributed by atoms with Gasteiger partial charge in [0.05, 0.1) is 14.2 Å². The summed E-state index contributed by atoms with van der Waals surface area (Å²) in [4.78, 5) is 24.0. The van der Waals surface area contributed by atoms with E-state index in [4.69, 9.17) is 9.47 Å². The van der Waals surface area contributed by atoms with Crippen LogP contribution in [0.3, 0.4) is 0 Å². The Morgan fingerprint density at radius 1 is 0.550 bits per heavy atom. The van der Waals surface area contributed by atoms with Crippen molar-refractivity contribution in [3.05, 3.63) is 59.7 Å². The van der Waals surface area contributed by atoms with Crippen LogP contribution in [0.5, 0.6) is 11.5 Å². The Labute approximate surface area is 241 Å². The number of rotatable bonds is 23. The molecule has 8 nitrogen and oxygen atoms in total. The van der Waals surface area contributed by atoms with E-state index in [1.54, 1.807) is 14.2 Å². The molecule has 0 aliphatic heterocycles. The molecule has 4 N–H and O–H groups in total. The van der Waals surface area contributed by atoms with Crippen LogP contribution in [0.15, 0.2) is 48.5 Å². The number of benzene rings is 2. The van der Waals surface area contributed by atoms with E-state index in [0.717, 1.165) is 100 Å². The van der Waals surface area contributed by atoms with E-state index in [1.807, 2.05) is 36.4 Å². The molecule has 0 atom stereocenters. The number of nitrogens with one attached hydrogen (secondary N) is 4. The van der Waals surface area contributed by atoms with Crippen molar-refractivity contribution in [3.8, 4) is 11.5 Å². The minimum absolute atomic E-state index is 0.114. The first kappa shape index (κ1) is 33.1. The van der Waals surface area contributed by atoms with Crippen molar-refractivity contribution >= 4 is 11.8 Å². The van der Waals surface area contributed by atoms with Crippen LogP contribution < -0.4 is 30.7 Å². The lowest BCUT2D eigenvalue weighted by molar-refractivity contribution is -0.122. The van der Waals surface area contributed by atoms with Crippen LogP contribution in [0.4, 0.5) is 0 Å². The summed E-state index contributed by atoms with van der Waals surface area (Å²) >= 11 is 0. The molecule has 2 amide bonds. The maximum absolute atomic E-state index is 12.0. The number of carbonyl (C=O) groups is 2. The standard InChI is InChI=1S/C32H50N4O4/c1-39-29-17-9-7-15-27(29)25-33-21-11-3-5-19-31(37)35-23-13-14-24-36-32(38)20-6-4-12-22-34-26-28-16-8-10-18-30(28)40-2/h7-10,15-18,33-34H,3-6,11-14,19-26H2,1-2H3,(H,35,37)(H,36,38). The summed E-state index contributed by atoms with van der Waals surface area (Å²) in [5.74, 6) is 2.04. The van der Waals surface area contributed by atoms with Gasteiger partial charge in [-0.25, -0.2) is 0 Å². The molecule has 0 fully saturated rings. The Bertz CT molecular complexity index is 892. The SMILES string of the molecule is COc1ccccc1CNCCCCCC(=O)NCCCCNC(=O)CCCCCNCc1ccccc1OC. The largest absolute Gasteiger partial charge is 0.496 e. The number of ether oxygens (including phenoxy) is 2. The summed E-state index contributed by atoms with van der Waals surface area (Å²) < 4.78 is 10.7. The Morgan fingerprint density at radius 2 is 0.950 bits per heavy atom. The fraction of sp³-hybridized carbons (Fsp3) is 0.562. The van der Waals surface area contributed by atoms with Crippen LogP contribution in [0.2, 0.25) is 0 Å². The number of amides is 2. The van der Waals surface area contributed by atoms with Gasteiger partial charge >= 0.3 is 0 Å². The zero-order valence-corrected chi connectivity index (χ0v) is 24.6. The molecular weight excluding hydrogens is 504 g/mol. The topological polar surface area (TPSA) is 101 Å². The van der Waals surface area contributed by atoms with Crippen molar-refractivity contribution in [2.75, 3.05) is 40.4 Å². The third-order valence-electron chi connectivity index (χ3n) is 6.78. The van der Waals surface area contributed by atoms with Crippen molar-refractivity contribution in [2.24, 2.45) is 0 Å². The monoisotopic (exact) mass is 554 g/mol. The molecule has 8 heteroatoms. The zero-order chi connectivity index (χ0) is 28.7. The first-order chi connectivity index (χ1) is 19.6. The van der Waals surface area contributed by atoms with E-state index in [9.17, 15) is 9.59 Å².